The molecule has 0 aliphatic rings. The number of hydrogen-bond donors (Lipinski definition) is 0. The van der Waals surface area contributed by atoms with E-state index in [1.165, 1.54) is 38.1 Å². The smallest absolute Gasteiger partial charge is 0.278 e. The number of benzene rings is 4. The summed E-state index contributed by atoms with van der Waals surface area (Å²) in [5, 5.41) is 23.8. The number of rotatable bonds is 5. The van der Waals surface area contributed by atoms with E-state index in [1.54, 1.807) is 60.7 Å². The van der Waals surface area contributed by atoms with Gasteiger partial charge in [-0.25, -0.2) is 0 Å². The maximum absolute atomic E-state index is 12.0. The largest absolute Gasteiger partial charge is 0.287 e. The molecule has 42 heavy (non-hydrogen) atoms. The molecule has 0 fully saturated rings. The van der Waals surface area contributed by atoms with E-state index in [1.807, 2.05) is 0 Å². The highest BCUT2D eigenvalue weighted by molar-refractivity contribution is 8.13. The van der Waals surface area contributed by atoms with Crippen LogP contribution in [0.4, 0.5) is 11.4 Å². The fourth-order valence-electron chi connectivity index (χ4n) is 3.81. The van der Waals surface area contributed by atoms with E-state index in [4.69, 9.17) is 0 Å². The zero-order valence-corrected chi connectivity index (χ0v) is 23.9. The van der Waals surface area contributed by atoms with Crippen LogP contribution in [-0.2, 0) is 9.59 Å². The molecule has 0 saturated heterocycles. The summed E-state index contributed by atoms with van der Waals surface area (Å²) < 4.78 is 0. The Bertz CT molecular complexity index is 1710. The van der Waals surface area contributed by atoms with E-state index in [9.17, 15) is 29.8 Å². The second-order valence-electron chi connectivity index (χ2n) is 8.71. The molecule has 0 atom stereocenters. The minimum absolute atomic E-state index is 0.0307. The van der Waals surface area contributed by atoms with Crippen LogP contribution in [0.1, 0.15) is 36.1 Å². The number of nitro benzene ring substituents is 2. The van der Waals surface area contributed by atoms with Crippen LogP contribution >= 0.6 is 23.5 Å². The van der Waals surface area contributed by atoms with Crippen molar-refractivity contribution in [3.05, 3.63) is 127 Å². The Morgan fingerprint density at radius 1 is 0.548 bits per heavy atom. The van der Waals surface area contributed by atoms with Crippen molar-refractivity contribution >= 4 is 45.1 Å². The number of nitrogens with zero attached hydrogens (tertiary/aromatic N) is 2. The monoisotopic (exact) mass is 592 g/mol. The zero-order valence-electron chi connectivity index (χ0n) is 22.2. The summed E-state index contributed by atoms with van der Waals surface area (Å²) >= 11 is 2.21. The third-order valence-electron chi connectivity index (χ3n) is 5.61. The highest BCUT2D eigenvalue weighted by Crippen LogP contribution is 2.37. The Morgan fingerprint density at radius 3 is 1.17 bits per heavy atom. The van der Waals surface area contributed by atoms with Crippen LogP contribution in [0.2, 0.25) is 0 Å². The molecule has 0 unspecified atom stereocenters. The van der Waals surface area contributed by atoms with Gasteiger partial charge < -0.3 is 0 Å². The average Bonchev–Trinajstić information content (AvgIpc) is 2.95. The molecule has 4 aromatic rings. The zero-order chi connectivity index (χ0) is 30.2. The van der Waals surface area contributed by atoms with Crippen LogP contribution in [0, 0.1) is 43.9 Å². The number of nitro groups is 2. The molecule has 0 N–H and O–H groups in total. The maximum Gasteiger partial charge on any atom is 0.278 e. The lowest BCUT2D eigenvalue weighted by molar-refractivity contribution is -0.386. The summed E-state index contributed by atoms with van der Waals surface area (Å²) in [5.74, 6) is 11.6. The Kier molecular flexibility index (Phi) is 9.56. The van der Waals surface area contributed by atoms with Crippen LogP contribution in [0.15, 0.2) is 94.7 Å². The van der Waals surface area contributed by atoms with Crippen LogP contribution < -0.4 is 0 Å². The number of thioether (sulfide) groups is 2. The molecule has 0 aliphatic carbocycles. The van der Waals surface area contributed by atoms with Crippen molar-refractivity contribution in [2.45, 2.75) is 23.6 Å². The molecule has 0 amide bonds. The van der Waals surface area contributed by atoms with Gasteiger partial charge in [0.2, 0.25) is 0 Å². The van der Waals surface area contributed by atoms with Crippen molar-refractivity contribution in [1.82, 2.24) is 0 Å². The quantitative estimate of drug-likeness (QED) is 0.103. The molecule has 0 aliphatic heterocycles. The van der Waals surface area contributed by atoms with E-state index in [0.29, 0.717) is 22.3 Å². The lowest BCUT2D eigenvalue weighted by Gasteiger charge is -2.06. The van der Waals surface area contributed by atoms with Gasteiger partial charge in [-0.15, -0.1) is 0 Å². The Morgan fingerprint density at radius 2 is 0.857 bits per heavy atom. The second-order valence-corrected chi connectivity index (χ2v) is 11.2. The summed E-state index contributed by atoms with van der Waals surface area (Å²) in [7, 11) is 0. The summed E-state index contributed by atoms with van der Waals surface area (Å²) in [6, 6.07) is 22.7. The molecule has 8 nitrogen and oxygen atoms in total. The molecule has 0 aromatic heterocycles. The molecule has 4 aromatic carbocycles. The van der Waals surface area contributed by atoms with E-state index in [2.05, 4.69) is 23.7 Å². The SMILES string of the molecule is CC(=O)Sc1ccc(C#Cc2ccc(-c3ccc(C#Cc4ccc(SC(C)=O)cc4)cc3[N+](=O)[O-])c([N+](=O)[O-])c2)cc1. The summed E-state index contributed by atoms with van der Waals surface area (Å²) in [6.45, 7) is 2.96. The van der Waals surface area contributed by atoms with E-state index in [0.717, 1.165) is 33.3 Å². The normalized spacial score (nSPS) is 10.0. The molecule has 0 bridgehead atoms. The van der Waals surface area contributed by atoms with Gasteiger partial charge in [0, 0.05) is 58.0 Å². The molecule has 0 radical (unpaired) electrons. The molecule has 0 heterocycles. The lowest BCUT2D eigenvalue weighted by Crippen LogP contribution is -1.97. The highest BCUT2D eigenvalue weighted by atomic mass is 32.2. The van der Waals surface area contributed by atoms with E-state index >= 15 is 0 Å². The fourth-order valence-corrected chi connectivity index (χ4v) is 5.02. The average molecular weight is 593 g/mol. The van der Waals surface area contributed by atoms with Gasteiger partial charge in [-0.2, -0.15) is 0 Å². The Hall–Kier alpha value is -5.16. The minimum Gasteiger partial charge on any atom is -0.287 e. The first-order valence-electron chi connectivity index (χ1n) is 12.3. The summed E-state index contributed by atoms with van der Waals surface area (Å²) in [5.41, 5.74) is 1.58. The first kappa shape index (κ1) is 29.8. The van der Waals surface area contributed by atoms with Crippen LogP contribution in [-0.4, -0.2) is 20.1 Å². The standard InChI is InChI=1S/C32H20N2O6S2/c1-21(35)41-27-13-7-23(8-14-27)3-5-25-11-17-29(31(19-25)33(37)38)30-18-12-26(20-32(30)34(39)40)6-4-24-9-15-28(16-10-24)42-22(2)36/h7-20H,1-2H3. The third kappa shape index (κ3) is 7.95. The minimum atomic E-state index is -0.597. The third-order valence-corrected chi connectivity index (χ3v) is 7.20. The molecular weight excluding hydrogens is 572 g/mol. The van der Waals surface area contributed by atoms with Gasteiger partial charge >= 0.3 is 0 Å². The van der Waals surface area contributed by atoms with E-state index in [-0.39, 0.29) is 32.7 Å². The van der Waals surface area contributed by atoms with Gasteiger partial charge in [-0.05, 0) is 72.8 Å². The second kappa shape index (κ2) is 13.5. The van der Waals surface area contributed by atoms with Crippen LogP contribution in [0.5, 0.6) is 0 Å². The maximum atomic E-state index is 12.0. The Labute approximate surface area is 249 Å². The lowest BCUT2D eigenvalue weighted by atomic mass is 9.98. The number of carbonyl (C=O) groups is 2. The van der Waals surface area contributed by atoms with Gasteiger partial charge in [-0.3, -0.25) is 29.8 Å². The van der Waals surface area contributed by atoms with E-state index < -0.39 is 9.85 Å². The summed E-state index contributed by atoms with van der Waals surface area (Å²) in [4.78, 5) is 46.8. The highest BCUT2D eigenvalue weighted by Gasteiger charge is 2.23. The Balaban J connectivity index is 1.63. The molecule has 4 rings (SSSR count). The van der Waals surface area contributed by atoms with Crippen LogP contribution in [0.25, 0.3) is 11.1 Å². The fraction of sp³-hybridized carbons (Fsp3) is 0.0625. The molecule has 10 heteroatoms. The van der Waals surface area contributed by atoms with Gasteiger partial charge in [-0.1, -0.05) is 47.2 Å². The molecular formula is C32H20N2O6S2. The van der Waals surface area contributed by atoms with Gasteiger partial charge in [0.1, 0.15) is 0 Å². The first-order valence-corrected chi connectivity index (χ1v) is 13.9. The predicted octanol–water partition coefficient (Wildman–Crippen LogP) is 7.25. The van der Waals surface area contributed by atoms with Crippen molar-refractivity contribution in [2.75, 3.05) is 0 Å². The van der Waals surface area contributed by atoms with Crippen molar-refractivity contribution in [3.63, 3.8) is 0 Å². The molecule has 0 saturated carbocycles. The van der Waals surface area contributed by atoms with Crippen molar-refractivity contribution in [2.24, 2.45) is 0 Å². The number of hydrogen-bond acceptors (Lipinski definition) is 8. The molecule has 206 valence electrons. The van der Waals surface area contributed by atoms with Gasteiger partial charge in [0.25, 0.3) is 11.4 Å². The summed E-state index contributed by atoms with van der Waals surface area (Å²) in [6.07, 6.45) is 0. The van der Waals surface area contributed by atoms with Gasteiger partial charge in [0.05, 0.1) is 21.0 Å². The number of carbonyl (C=O) groups excluding carboxylic acids is 2. The van der Waals surface area contributed by atoms with Crippen LogP contribution in [0.3, 0.4) is 0 Å². The van der Waals surface area contributed by atoms with Gasteiger partial charge in [0.15, 0.2) is 10.2 Å². The van der Waals surface area contributed by atoms with Crippen molar-refractivity contribution < 1.29 is 19.4 Å². The van der Waals surface area contributed by atoms with Crippen molar-refractivity contribution in [3.8, 4) is 34.8 Å². The molecule has 0 spiro atoms. The topological polar surface area (TPSA) is 120 Å². The first-order chi connectivity index (χ1) is 20.1. The van der Waals surface area contributed by atoms with Crippen molar-refractivity contribution in [1.29, 1.82) is 0 Å². The predicted molar refractivity (Wildman–Crippen MR) is 163 cm³/mol.